The first kappa shape index (κ1) is 17.0. The van der Waals surface area contributed by atoms with Crippen LogP contribution >= 0.6 is 11.8 Å². The molecule has 6 nitrogen and oxygen atoms in total. The molecule has 2 rings (SSSR count). The van der Waals surface area contributed by atoms with Crippen LogP contribution < -0.4 is 4.90 Å². The number of benzene rings is 1. The number of nitrogens with zero attached hydrogens (tertiary/aromatic N) is 1. The van der Waals surface area contributed by atoms with Crippen LogP contribution in [-0.4, -0.2) is 30.0 Å². The first-order valence-corrected chi connectivity index (χ1v) is 8.17. The average molecular weight is 335 g/mol. The van der Waals surface area contributed by atoms with E-state index in [4.69, 9.17) is 9.15 Å². The van der Waals surface area contributed by atoms with Crippen molar-refractivity contribution in [1.82, 2.24) is 0 Å². The van der Waals surface area contributed by atoms with Crippen molar-refractivity contribution in [3.63, 3.8) is 0 Å². The highest BCUT2D eigenvalue weighted by Crippen LogP contribution is 2.28. The third kappa shape index (κ3) is 4.07. The SMILES string of the molecule is CCOC(=O)N(Cc1ccco1)c1ccc(SC)cc1C(=O)O. The minimum absolute atomic E-state index is 0.0384. The van der Waals surface area contributed by atoms with E-state index in [1.54, 1.807) is 31.2 Å². The molecular formula is C16H17NO5S. The zero-order chi connectivity index (χ0) is 16.8. The molecule has 2 aromatic rings. The zero-order valence-electron chi connectivity index (χ0n) is 12.8. The fourth-order valence-corrected chi connectivity index (χ4v) is 2.50. The van der Waals surface area contributed by atoms with Crippen LogP contribution in [-0.2, 0) is 11.3 Å². The van der Waals surface area contributed by atoms with Crippen molar-refractivity contribution in [2.45, 2.75) is 18.4 Å². The van der Waals surface area contributed by atoms with Gasteiger partial charge in [0, 0.05) is 4.90 Å². The van der Waals surface area contributed by atoms with E-state index in [1.807, 2.05) is 6.26 Å². The van der Waals surface area contributed by atoms with Gasteiger partial charge in [-0.3, -0.25) is 4.90 Å². The Morgan fingerprint density at radius 2 is 2.13 bits per heavy atom. The number of anilines is 1. The third-order valence-electron chi connectivity index (χ3n) is 3.11. The molecule has 0 spiro atoms. The molecular weight excluding hydrogens is 318 g/mol. The Morgan fingerprint density at radius 1 is 1.35 bits per heavy atom. The maximum absolute atomic E-state index is 12.3. The van der Waals surface area contributed by atoms with E-state index in [0.29, 0.717) is 5.76 Å². The van der Waals surface area contributed by atoms with Gasteiger partial charge in [-0.05, 0) is 43.5 Å². The number of carboxylic acid groups (broad SMARTS) is 1. The standard InChI is InChI=1S/C16H17NO5S/c1-3-21-16(20)17(10-11-5-4-8-22-11)14-7-6-12(23-2)9-13(14)15(18)19/h4-9H,3,10H2,1-2H3,(H,18,19). The minimum atomic E-state index is -1.11. The normalized spacial score (nSPS) is 10.3. The Morgan fingerprint density at radius 3 is 2.70 bits per heavy atom. The van der Waals surface area contributed by atoms with Crippen LogP contribution in [0.4, 0.5) is 10.5 Å². The molecule has 0 unspecified atom stereocenters. The highest BCUT2D eigenvalue weighted by molar-refractivity contribution is 7.98. The molecule has 1 aromatic carbocycles. The van der Waals surface area contributed by atoms with Crippen molar-refractivity contribution < 1.29 is 23.8 Å². The van der Waals surface area contributed by atoms with Crippen LogP contribution in [0.25, 0.3) is 0 Å². The van der Waals surface area contributed by atoms with Crippen molar-refractivity contribution in [3.05, 3.63) is 47.9 Å². The number of hydrogen-bond acceptors (Lipinski definition) is 5. The molecule has 0 saturated carbocycles. The van der Waals surface area contributed by atoms with Crippen LogP contribution in [0, 0.1) is 0 Å². The second kappa shape index (κ2) is 7.73. The van der Waals surface area contributed by atoms with Gasteiger partial charge in [-0.25, -0.2) is 9.59 Å². The van der Waals surface area contributed by atoms with Crippen molar-refractivity contribution in [3.8, 4) is 0 Å². The number of hydrogen-bond donors (Lipinski definition) is 1. The molecule has 0 atom stereocenters. The summed E-state index contributed by atoms with van der Waals surface area (Å²) in [5, 5.41) is 9.46. The molecule has 0 aliphatic heterocycles. The molecule has 122 valence electrons. The van der Waals surface area contributed by atoms with E-state index >= 15 is 0 Å². The van der Waals surface area contributed by atoms with Crippen LogP contribution in [0.2, 0.25) is 0 Å². The van der Waals surface area contributed by atoms with E-state index in [0.717, 1.165) is 4.90 Å². The van der Waals surface area contributed by atoms with Gasteiger partial charge in [0.05, 0.1) is 30.7 Å². The summed E-state index contributed by atoms with van der Waals surface area (Å²) in [6.45, 7) is 1.97. The van der Waals surface area contributed by atoms with E-state index in [9.17, 15) is 14.7 Å². The molecule has 0 bridgehead atoms. The lowest BCUT2D eigenvalue weighted by Gasteiger charge is -2.23. The smallest absolute Gasteiger partial charge is 0.414 e. The lowest BCUT2D eigenvalue weighted by Crippen LogP contribution is -2.32. The summed E-state index contributed by atoms with van der Waals surface area (Å²) in [5.74, 6) is -0.576. The van der Waals surface area contributed by atoms with E-state index in [2.05, 4.69) is 0 Å². The number of carbonyl (C=O) groups excluding carboxylic acids is 1. The predicted octanol–water partition coefficient (Wildman–Crippen LogP) is 3.86. The summed E-state index contributed by atoms with van der Waals surface area (Å²) in [7, 11) is 0. The molecule has 1 aromatic heterocycles. The second-order valence-electron chi connectivity index (χ2n) is 4.55. The van der Waals surface area contributed by atoms with Crippen molar-refractivity contribution in [1.29, 1.82) is 0 Å². The van der Waals surface area contributed by atoms with E-state index < -0.39 is 12.1 Å². The lowest BCUT2D eigenvalue weighted by molar-refractivity contribution is 0.0697. The molecule has 0 fully saturated rings. The van der Waals surface area contributed by atoms with Crippen molar-refractivity contribution >= 4 is 29.5 Å². The van der Waals surface area contributed by atoms with Gasteiger partial charge >= 0.3 is 12.1 Å². The Kier molecular flexibility index (Phi) is 5.70. The van der Waals surface area contributed by atoms with Crippen molar-refractivity contribution in [2.75, 3.05) is 17.8 Å². The average Bonchev–Trinajstić information content (AvgIpc) is 3.05. The number of carbonyl (C=O) groups is 2. The summed E-state index contributed by atoms with van der Waals surface area (Å²) in [6.07, 6.45) is 2.73. The molecule has 0 saturated heterocycles. The lowest BCUT2D eigenvalue weighted by atomic mass is 10.1. The largest absolute Gasteiger partial charge is 0.478 e. The number of carboxylic acids is 1. The molecule has 0 aliphatic carbocycles. The Balaban J connectivity index is 2.45. The van der Waals surface area contributed by atoms with Gasteiger partial charge in [-0.15, -0.1) is 11.8 Å². The Hall–Kier alpha value is -2.41. The first-order valence-electron chi connectivity index (χ1n) is 6.94. The van der Waals surface area contributed by atoms with Gasteiger partial charge < -0.3 is 14.3 Å². The van der Waals surface area contributed by atoms with Gasteiger partial charge in [-0.2, -0.15) is 0 Å². The van der Waals surface area contributed by atoms with Crippen LogP contribution in [0.5, 0.6) is 0 Å². The molecule has 1 amide bonds. The number of aromatic carboxylic acids is 1. The predicted molar refractivity (Wildman–Crippen MR) is 87.1 cm³/mol. The summed E-state index contributed by atoms with van der Waals surface area (Å²) in [6, 6.07) is 8.32. The maximum atomic E-state index is 12.3. The summed E-state index contributed by atoms with van der Waals surface area (Å²) in [5.41, 5.74) is 0.307. The maximum Gasteiger partial charge on any atom is 0.414 e. The van der Waals surface area contributed by atoms with Gasteiger partial charge in [-0.1, -0.05) is 0 Å². The summed E-state index contributed by atoms with van der Waals surface area (Å²) < 4.78 is 10.3. The number of furan rings is 1. The molecule has 0 radical (unpaired) electrons. The molecule has 1 heterocycles. The highest BCUT2D eigenvalue weighted by Gasteiger charge is 2.24. The third-order valence-corrected chi connectivity index (χ3v) is 3.83. The van der Waals surface area contributed by atoms with Crippen molar-refractivity contribution in [2.24, 2.45) is 0 Å². The number of amides is 1. The second-order valence-corrected chi connectivity index (χ2v) is 5.43. The van der Waals surface area contributed by atoms with Gasteiger partial charge in [0.25, 0.3) is 0 Å². The zero-order valence-corrected chi connectivity index (χ0v) is 13.6. The molecule has 0 aliphatic rings. The number of thioether (sulfide) groups is 1. The van der Waals surface area contributed by atoms with Gasteiger partial charge in [0.15, 0.2) is 0 Å². The van der Waals surface area contributed by atoms with Crippen LogP contribution in [0.1, 0.15) is 23.0 Å². The monoisotopic (exact) mass is 335 g/mol. The Bertz CT molecular complexity index is 684. The number of rotatable bonds is 6. The minimum Gasteiger partial charge on any atom is -0.478 e. The van der Waals surface area contributed by atoms with E-state index in [1.165, 1.54) is 29.0 Å². The van der Waals surface area contributed by atoms with Crippen LogP contribution in [0.15, 0.2) is 45.9 Å². The topological polar surface area (TPSA) is 80.0 Å². The van der Waals surface area contributed by atoms with Crippen LogP contribution in [0.3, 0.4) is 0 Å². The fraction of sp³-hybridized carbons (Fsp3) is 0.250. The van der Waals surface area contributed by atoms with Gasteiger partial charge in [0.1, 0.15) is 5.76 Å². The highest BCUT2D eigenvalue weighted by atomic mass is 32.2. The summed E-state index contributed by atoms with van der Waals surface area (Å²) in [4.78, 5) is 25.9. The first-order chi connectivity index (χ1) is 11.1. The quantitative estimate of drug-likeness (QED) is 0.807. The number of ether oxygens (including phenoxy) is 1. The molecule has 1 N–H and O–H groups in total. The molecule has 7 heteroatoms. The van der Waals surface area contributed by atoms with E-state index in [-0.39, 0.29) is 24.4 Å². The van der Waals surface area contributed by atoms with Gasteiger partial charge in [0.2, 0.25) is 0 Å². The summed E-state index contributed by atoms with van der Waals surface area (Å²) >= 11 is 1.43. The Labute approximate surface area is 138 Å². The fourth-order valence-electron chi connectivity index (χ4n) is 2.06. The molecule has 23 heavy (non-hydrogen) atoms.